The van der Waals surface area contributed by atoms with E-state index in [0.29, 0.717) is 22.0 Å². The third kappa shape index (κ3) is 3.26. The summed E-state index contributed by atoms with van der Waals surface area (Å²) in [6, 6.07) is 13.0. The molecule has 5 heteroatoms. The summed E-state index contributed by atoms with van der Waals surface area (Å²) >= 11 is 13.6. The van der Waals surface area contributed by atoms with E-state index in [4.69, 9.17) is 23.2 Å². The monoisotopic (exact) mass is 335 g/mol. The zero-order valence-corrected chi connectivity index (χ0v) is 13.2. The minimum absolute atomic E-state index is 0.0986. The van der Waals surface area contributed by atoms with Crippen LogP contribution in [0.1, 0.15) is 5.56 Å². The number of halogens is 2. The Morgan fingerprint density at radius 3 is 2.71 bits per heavy atom. The molecular formula is C16H11Cl2NOS. The van der Waals surface area contributed by atoms with Gasteiger partial charge in [-0.3, -0.25) is 4.79 Å². The Morgan fingerprint density at radius 2 is 1.90 bits per heavy atom. The number of carbonyl (C=O) groups excluding carboxylic acids is 1. The summed E-state index contributed by atoms with van der Waals surface area (Å²) < 4.78 is 0. The number of fused-ring (bicyclic) bond motifs is 1. The summed E-state index contributed by atoms with van der Waals surface area (Å²) in [4.78, 5) is 13.3. The topological polar surface area (TPSA) is 29.1 Å². The van der Waals surface area contributed by atoms with Crippen molar-refractivity contribution in [1.82, 2.24) is 0 Å². The first kappa shape index (κ1) is 14.5. The Morgan fingerprint density at radius 1 is 1.10 bits per heavy atom. The second-order valence-electron chi connectivity index (χ2n) is 4.62. The van der Waals surface area contributed by atoms with E-state index in [-0.39, 0.29) is 5.91 Å². The summed E-state index contributed by atoms with van der Waals surface area (Å²) in [5.74, 6) is -0.0986. The number of thioether (sulfide) groups is 1. The lowest BCUT2D eigenvalue weighted by Crippen LogP contribution is -2.15. The fraction of sp³-hybridized carbons (Fsp3) is 0.0625. The molecule has 0 aromatic heterocycles. The van der Waals surface area contributed by atoms with Crippen molar-refractivity contribution < 1.29 is 4.79 Å². The standard InChI is InChI=1S/C16H11Cl2NOS/c17-12-6-5-10(13(18)8-12)7-11-9-21-15-4-2-1-3-14(15)19-16(11)20/h1-6,8-9H,7H2,(H,19,20). The molecule has 106 valence electrons. The molecule has 1 amide bonds. The largest absolute Gasteiger partial charge is 0.321 e. The van der Waals surface area contributed by atoms with Crippen molar-refractivity contribution in [3.05, 3.63) is 69.1 Å². The van der Waals surface area contributed by atoms with Crippen LogP contribution >= 0.6 is 35.0 Å². The Hall–Kier alpha value is -1.42. The van der Waals surface area contributed by atoms with Crippen LogP contribution in [0.15, 0.2) is 58.3 Å². The van der Waals surface area contributed by atoms with E-state index < -0.39 is 0 Å². The molecule has 0 saturated heterocycles. The highest BCUT2D eigenvalue weighted by atomic mass is 35.5. The molecule has 2 nitrogen and oxygen atoms in total. The van der Waals surface area contributed by atoms with Crippen LogP contribution in [0.2, 0.25) is 10.0 Å². The van der Waals surface area contributed by atoms with Crippen molar-refractivity contribution >= 4 is 46.6 Å². The molecule has 2 aromatic carbocycles. The smallest absolute Gasteiger partial charge is 0.252 e. The Labute approximate surface area is 137 Å². The maximum absolute atomic E-state index is 12.3. The summed E-state index contributed by atoms with van der Waals surface area (Å²) in [5.41, 5.74) is 2.40. The van der Waals surface area contributed by atoms with Gasteiger partial charge in [-0.15, -0.1) is 0 Å². The molecule has 3 rings (SSSR count). The van der Waals surface area contributed by atoms with Crippen LogP contribution in [0.5, 0.6) is 0 Å². The average Bonchev–Trinajstić information content (AvgIpc) is 2.61. The molecule has 0 saturated carbocycles. The van der Waals surface area contributed by atoms with E-state index in [1.54, 1.807) is 12.1 Å². The third-order valence-corrected chi connectivity index (χ3v) is 4.75. The molecule has 0 unspecified atom stereocenters. The summed E-state index contributed by atoms with van der Waals surface area (Å²) in [7, 11) is 0. The first-order valence-electron chi connectivity index (χ1n) is 6.33. The first-order valence-corrected chi connectivity index (χ1v) is 7.97. The van der Waals surface area contributed by atoms with Crippen molar-refractivity contribution in [2.45, 2.75) is 11.3 Å². The van der Waals surface area contributed by atoms with Crippen molar-refractivity contribution in [3.63, 3.8) is 0 Å². The van der Waals surface area contributed by atoms with E-state index in [0.717, 1.165) is 16.1 Å². The van der Waals surface area contributed by atoms with E-state index in [2.05, 4.69) is 5.32 Å². The molecule has 0 spiro atoms. The molecule has 0 atom stereocenters. The van der Waals surface area contributed by atoms with Gasteiger partial charge in [-0.2, -0.15) is 0 Å². The van der Waals surface area contributed by atoms with E-state index in [1.807, 2.05) is 35.7 Å². The minimum Gasteiger partial charge on any atom is -0.321 e. The summed E-state index contributed by atoms with van der Waals surface area (Å²) in [6.45, 7) is 0. The van der Waals surface area contributed by atoms with Gasteiger partial charge in [0.1, 0.15) is 0 Å². The van der Waals surface area contributed by atoms with Crippen molar-refractivity contribution in [2.75, 3.05) is 5.32 Å². The van der Waals surface area contributed by atoms with E-state index >= 15 is 0 Å². The van der Waals surface area contributed by atoms with Crippen molar-refractivity contribution in [3.8, 4) is 0 Å². The number of hydrogen-bond acceptors (Lipinski definition) is 2. The maximum Gasteiger partial charge on any atom is 0.252 e. The fourth-order valence-corrected chi connectivity index (χ4v) is 3.39. The highest BCUT2D eigenvalue weighted by Crippen LogP contribution is 2.33. The van der Waals surface area contributed by atoms with Crippen LogP contribution in [0.4, 0.5) is 5.69 Å². The lowest BCUT2D eigenvalue weighted by atomic mass is 10.1. The highest BCUT2D eigenvalue weighted by Gasteiger charge is 2.17. The lowest BCUT2D eigenvalue weighted by molar-refractivity contribution is -0.112. The van der Waals surface area contributed by atoms with Gasteiger partial charge >= 0.3 is 0 Å². The predicted octanol–water partition coefficient (Wildman–Crippen LogP) is 5.16. The van der Waals surface area contributed by atoms with Gasteiger partial charge in [0.2, 0.25) is 0 Å². The number of amides is 1. The number of anilines is 1. The summed E-state index contributed by atoms with van der Waals surface area (Å²) in [5, 5.41) is 5.97. The molecule has 1 aliphatic heterocycles. The van der Waals surface area contributed by atoms with Crippen LogP contribution in [-0.2, 0) is 11.2 Å². The van der Waals surface area contributed by atoms with Gasteiger partial charge in [0.05, 0.1) is 5.69 Å². The molecule has 1 N–H and O–H groups in total. The SMILES string of the molecule is O=C1Nc2ccccc2SC=C1Cc1ccc(Cl)cc1Cl. The molecule has 1 heterocycles. The zero-order chi connectivity index (χ0) is 14.8. The molecular weight excluding hydrogens is 325 g/mol. The average molecular weight is 336 g/mol. The van der Waals surface area contributed by atoms with Crippen LogP contribution in [0.3, 0.4) is 0 Å². The number of carbonyl (C=O) groups is 1. The first-order chi connectivity index (χ1) is 10.1. The number of hydrogen-bond donors (Lipinski definition) is 1. The van der Waals surface area contributed by atoms with Gasteiger partial charge in [-0.25, -0.2) is 0 Å². The van der Waals surface area contributed by atoms with Gasteiger partial charge in [-0.1, -0.05) is 53.2 Å². The normalized spacial score (nSPS) is 14.0. The van der Waals surface area contributed by atoms with Gasteiger partial charge < -0.3 is 5.32 Å². The Bertz CT molecular complexity index is 743. The van der Waals surface area contributed by atoms with Gasteiger partial charge in [0.15, 0.2) is 0 Å². The number of para-hydroxylation sites is 1. The maximum atomic E-state index is 12.3. The molecule has 1 aliphatic rings. The van der Waals surface area contributed by atoms with Crippen LogP contribution < -0.4 is 5.32 Å². The molecule has 0 fully saturated rings. The van der Waals surface area contributed by atoms with Crippen LogP contribution in [0, 0.1) is 0 Å². The van der Waals surface area contributed by atoms with Crippen molar-refractivity contribution in [1.29, 1.82) is 0 Å². The van der Waals surface area contributed by atoms with Gasteiger partial charge in [-0.05, 0) is 35.2 Å². The van der Waals surface area contributed by atoms with E-state index in [9.17, 15) is 4.79 Å². The predicted molar refractivity (Wildman–Crippen MR) is 89.2 cm³/mol. The molecule has 2 aromatic rings. The lowest BCUT2D eigenvalue weighted by Gasteiger charge is -2.08. The number of nitrogens with one attached hydrogen (secondary N) is 1. The van der Waals surface area contributed by atoms with Gasteiger partial charge in [0, 0.05) is 26.9 Å². The Kier molecular flexibility index (Phi) is 4.24. The van der Waals surface area contributed by atoms with Crippen molar-refractivity contribution in [2.24, 2.45) is 0 Å². The number of benzene rings is 2. The molecule has 0 radical (unpaired) electrons. The van der Waals surface area contributed by atoms with Crippen LogP contribution in [-0.4, -0.2) is 5.91 Å². The fourth-order valence-electron chi connectivity index (χ4n) is 2.06. The molecule has 0 bridgehead atoms. The highest BCUT2D eigenvalue weighted by molar-refractivity contribution is 8.02. The Balaban J connectivity index is 1.87. The second-order valence-corrected chi connectivity index (χ2v) is 6.38. The van der Waals surface area contributed by atoms with Gasteiger partial charge in [0.25, 0.3) is 5.91 Å². The second kappa shape index (κ2) is 6.14. The molecule has 0 aliphatic carbocycles. The number of rotatable bonds is 2. The summed E-state index contributed by atoms with van der Waals surface area (Å²) in [6.07, 6.45) is 0.475. The van der Waals surface area contributed by atoms with Crippen LogP contribution in [0.25, 0.3) is 0 Å². The van der Waals surface area contributed by atoms with E-state index in [1.165, 1.54) is 11.8 Å². The molecule has 21 heavy (non-hydrogen) atoms. The third-order valence-electron chi connectivity index (χ3n) is 3.15. The minimum atomic E-state index is -0.0986. The zero-order valence-electron chi connectivity index (χ0n) is 10.9. The quantitative estimate of drug-likeness (QED) is 0.820.